The molecule has 1 unspecified atom stereocenters. The summed E-state index contributed by atoms with van der Waals surface area (Å²) in [5, 5.41) is 11.1. The lowest BCUT2D eigenvalue weighted by molar-refractivity contribution is -0.158. The molecule has 1 saturated heterocycles. The smallest absolute Gasteiger partial charge is 0.247 e. The first-order valence-corrected chi connectivity index (χ1v) is 31.0. The Kier molecular flexibility index (Phi) is 31.5. The lowest BCUT2D eigenvalue weighted by atomic mass is 9.91. The van der Waals surface area contributed by atoms with Crippen molar-refractivity contribution in [2.24, 2.45) is 41.4 Å². The molecule has 0 saturated carbocycles. The molecule has 1 fully saturated rings. The van der Waals surface area contributed by atoms with Gasteiger partial charge in [-0.2, -0.15) is 0 Å². The topological polar surface area (TPSA) is 268 Å². The summed E-state index contributed by atoms with van der Waals surface area (Å²) in [5.74, 6) is -8.83. The van der Waals surface area contributed by atoms with Crippen LogP contribution < -0.4 is 21.3 Å². The molecule has 1 aliphatic heterocycles. The maximum Gasteiger partial charge on any atom is 0.247 e. The Balaban J connectivity index is 4.38. The first-order valence-electron chi connectivity index (χ1n) is 31.0. The van der Waals surface area contributed by atoms with Gasteiger partial charge in [-0.1, -0.05) is 110 Å². The van der Waals surface area contributed by atoms with E-state index < -0.39 is 150 Å². The van der Waals surface area contributed by atoms with Crippen molar-refractivity contribution in [3.63, 3.8) is 0 Å². The average Bonchev–Trinajstić information content (AvgIpc) is 1.15. The van der Waals surface area contributed by atoms with E-state index in [-0.39, 0.29) is 67.5 Å². The van der Waals surface area contributed by atoms with E-state index in [1.54, 1.807) is 41.5 Å². The minimum absolute atomic E-state index is 0.0557. The molecular formula is C63H113N11O12. The molecule has 0 aromatic rings. The fourth-order valence-electron chi connectivity index (χ4n) is 10.8. The molecule has 0 aliphatic carbocycles. The van der Waals surface area contributed by atoms with Gasteiger partial charge in [-0.25, -0.2) is 0 Å². The quantitative estimate of drug-likeness (QED) is 0.158. The van der Waals surface area contributed by atoms with Crippen LogP contribution >= 0.6 is 0 Å². The van der Waals surface area contributed by atoms with Gasteiger partial charge in [0.25, 0.3) is 0 Å². The van der Waals surface area contributed by atoms with Gasteiger partial charge in [0.15, 0.2) is 0 Å². The molecule has 492 valence electrons. The number of nitrogens with one attached hydrogen (secondary N) is 4. The molecule has 23 nitrogen and oxygen atoms in total. The zero-order valence-corrected chi connectivity index (χ0v) is 57.1. The third kappa shape index (κ3) is 21.5. The second kappa shape index (κ2) is 34.9. The van der Waals surface area contributed by atoms with Crippen molar-refractivity contribution in [2.75, 3.05) is 55.9 Å². The summed E-state index contributed by atoms with van der Waals surface area (Å²) >= 11 is 0. The van der Waals surface area contributed by atoms with Crippen LogP contribution in [0.15, 0.2) is 12.3 Å². The van der Waals surface area contributed by atoms with E-state index in [1.165, 1.54) is 92.6 Å². The summed E-state index contributed by atoms with van der Waals surface area (Å²) in [6, 6.07) is -12.0. The Labute approximate surface area is 515 Å². The van der Waals surface area contributed by atoms with E-state index in [0.717, 1.165) is 4.90 Å². The van der Waals surface area contributed by atoms with Gasteiger partial charge in [0.05, 0.1) is 12.3 Å². The summed E-state index contributed by atoms with van der Waals surface area (Å²) in [4.78, 5) is 170. The Morgan fingerprint density at radius 2 is 0.872 bits per heavy atom. The lowest BCUT2D eigenvalue weighted by Crippen LogP contribution is -2.64. The molecule has 0 spiro atoms. The van der Waals surface area contributed by atoms with Crippen LogP contribution in [0.2, 0.25) is 0 Å². The van der Waals surface area contributed by atoms with Crippen molar-refractivity contribution in [3.05, 3.63) is 12.3 Å². The third-order valence-electron chi connectivity index (χ3n) is 16.3. The molecule has 23 heteroatoms. The standard InChI is InChI=1S/C63H113N11O12/c1-27-41(17)53(86-40(15)16)52-57(79)66-44(28-2)59(81)68(20)33-49(75)69(21)45(29-34(3)4)56(78)67-50(38(11)12)62(84)70(22)46(30-35(5)6)55(77)64-42(18)54(76)65-43(19)58(80)71(23)47(31-36(7)8)60(82)72(24)48(32-37(9)10)61(83)73(25)51(39(13)14)63(85)74(52)26/h34-39,41-48,50-53H,15,27-33H2,1-14,16-26H3,(H,64,77)(H,65,76)(H,66,79)(H,67,78)/t41-,42+,43-,44+,45+,46+,47+,48+,50+,51+,52?,53-/m1/s1. The Bertz CT molecular complexity index is 2360. The molecule has 0 aromatic carbocycles. The van der Waals surface area contributed by atoms with Crippen molar-refractivity contribution in [3.8, 4) is 0 Å². The first kappa shape index (κ1) is 77.7. The van der Waals surface area contributed by atoms with Crippen molar-refractivity contribution >= 4 is 65.0 Å². The first-order chi connectivity index (χ1) is 39.6. The summed E-state index contributed by atoms with van der Waals surface area (Å²) in [6.45, 7) is 35.3. The monoisotopic (exact) mass is 1220 g/mol. The number of rotatable bonds is 16. The van der Waals surface area contributed by atoms with Crippen molar-refractivity contribution in [1.82, 2.24) is 55.6 Å². The zero-order valence-electron chi connectivity index (χ0n) is 57.1. The maximum absolute atomic E-state index is 15.3. The van der Waals surface area contributed by atoms with Crippen molar-refractivity contribution in [1.29, 1.82) is 0 Å². The highest BCUT2D eigenvalue weighted by molar-refractivity contribution is 5.99. The van der Waals surface area contributed by atoms with Crippen LogP contribution in [0, 0.1) is 41.4 Å². The predicted molar refractivity (Wildman–Crippen MR) is 333 cm³/mol. The van der Waals surface area contributed by atoms with Gasteiger partial charge in [-0.05, 0) is 101 Å². The number of nitrogens with zero attached hydrogens (tertiary/aromatic N) is 7. The molecule has 1 aliphatic rings. The third-order valence-corrected chi connectivity index (χ3v) is 16.3. The van der Waals surface area contributed by atoms with E-state index in [2.05, 4.69) is 27.8 Å². The van der Waals surface area contributed by atoms with Gasteiger partial charge in [0.1, 0.15) is 66.5 Å². The predicted octanol–water partition coefficient (Wildman–Crippen LogP) is 4.27. The molecular weight excluding hydrogens is 1100 g/mol. The largest absolute Gasteiger partial charge is 0.493 e. The number of carbonyl (C=O) groups excluding carboxylic acids is 11. The Hall–Kier alpha value is -6.29. The highest BCUT2D eigenvalue weighted by Crippen LogP contribution is 2.27. The zero-order chi connectivity index (χ0) is 66.8. The van der Waals surface area contributed by atoms with E-state index >= 15 is 19.2 Å². The van der Waals surface area contributed by atoms with Gasteiger partial charge in [0.2, 0.25) is 65.0 Å². The van der Waals surface area contributed by atoms with E-state index in [0.29, 0.717) is 6.42 Å². The van der Waals surface area contributed by atoms with Crippen LogP contribution in [0.5, 0.6) is 0 Å². The van der Waals surface area contributed by atoms with Gasteiger partial charge in [0, 0.05) is 49.3 Å². The number of likely N-dealkylation sites (N-methyl/N-ethyl adjacent to an activating group) is 7. The molecule has 0 radical (unpaired) electrons. The molecule has 0 aromatic heterocycles. The number of ether oxygens (including phenoxy) is 1. The van der Waals surface area contributed by atoms with Crippen LogP contribution in [-0.4, -0.2) is 222 Å². The average molecular weight is 1220 g/mol. The highest BCUT2D eigenvalue weighted by atomic mass is 16.5. The number of hydrogen-bond donors (Lipinski definition) is 4. The SMILES string of the molecule is C=C(C)O[C@@H](C1C(=O)N[C@@H](CC)C(=O)N(C)CC(=O)N(C)[C@@H](CC(C)C)C(=O)N[C@@H](C(C)C)C(=O)N(C)[C@@H](CC(C)C)C(=O)N[C@@H](C)C(=O)N[C@H](C)C(=O)N(C)[C@@H](CC(C)C)C(=O)N(C)[C@@H](CC(C)C)C(=O)N(C)[C@@H](C(C)C)C(=O)N1C)[C@H](C)CC. The van der Waals surface area contributed by atoms with Crippen LogP contribution in [0.1, 0.15) is 163 Å². The summed E-state index contributed by atoms with van der Waals surface area (Å²) in [5.41, 5.74) is 0. The van der Waals surface area contributed by atoms with Gasteiger partial charge < -0.3 is 60.3 Å². The molecule has 4 N–H and O–H groups in total. The summed E-state index contributed by atoms with van der Waals surface area (Å²) < 4.78 is 6.30. The van der Waals surface area contributed by atoms with Crippen LogP contribution in [0.3, 0.4) is 0 Å². The fourth-order valence-corrected chi connectivity index (χ4v) is 10.8. The second-order valence-corrected chi connectivity index (χ2v) is 26.5. The minimum Gasteiger partial charge on any atom is -0.493 e. The number of amides is 11. The number of carbonyl (C=O) groups is 11. The van der Waals surface area contributed by atoms with Crippen LogP contribution in [-0.2, 0) is 57.5 Å². The lowest BCUT2D eigenvalue weighted by Gasteiger charge is -2.42. The Morgan fingerprint density at radius 3 is 1.30 bits per heavy atom. The van der Waals surface area contributed by atoms with Crippen LogP contribution in [0.4, 0.5) is 0 Å². The van der Waals surface area contributed by atoms with Crippen LogP contribution in [0.25, 0.3) is 0 Å². The molecule has 1 heterocycles. The molecule has 11 amide bonds. The minimum atomic E-state index is -1.41. The van der Waals surface area contributed by atoms with Crippen molar-refractivity contribution in [2.45, 2.75) is 230 Å². The van der Waals surface area contributed by atoms with Crippen molar-refractivity contribution < 1.29 is 57.5 Å². The van der Waals surface area contributed by atoms with Gasteiger partial charge in [-0.3, -0.25) is 52.7 Å². The van der Waals surface area contributed by atoms with E-state index in [4.69, 9.17) is 4.74 Å². The second-order valence-electron chi connectivity index (χ2n) is 26.5. The molecule has 1 rings (SSSR count). The summed E-state index contributed by atoms with van der Waals surface area (Å²) in [7, 11) is 10.1. The number of allylic oxidation sites excluding steroid dienone is 1. The summed E-state index contributed by atoms with van der Waals surface area (Å²) in [6.07, 6.45) is 0.189. The van der Waals surface area contributed by atoms with Gasteiger partial charge in [-0.15, -0.1) is 0 Å². The maximum atomic E-state index is 15.3. The van der Waals surface area contributed by atoms with E-state index in [9.17, 15) is 33.6 Å². The Morgan fingerprint density at radius 1 is 0.465 bits per heavy atom. The fraction of sp³-hybridized carbons (Fsp3) is 0.794. The van der Waals surface area contributed by atoms with E-state index in [1.807, 2.05) is 69.2 Å². The normalized spacial score (nSPS) is 26.5. The molecule has 0 bridgehead atoms. The molecule has 86 heavy (non-hydrogen) atoms. The molecule has 12 atom stereocenters. The number of hydrogen-bond acceptors (Lipinski definition) is 12. The van der Waals surface area contributed by atoms with Gasteiger partial charge >= 0.3 is 0 Å². The highest BCUT2D eigenvalue weighted by Gasteiger charge is 2.46.